The number of hydrogen-bond acceptors (Lipinski definition) is 4. The minimum atomic E-state index is -3.33. The molecule has 0 spiro atoms. The van der Waals surface area contributed by atoms with Crippen LogP contribution in [-0.2, 0) is 19.7 Å². The zero-order valence-electron chi connectivity index (χ0n) is 9.84. The predicted molar refractivity (Wildman–Crippen MR) is 59.0 cm³/mol. The van der Waals surface area contributed by atoms with Crippen molar-refractivity contribution in [1.29, 1.82) is 0 Å². The number of carbonyl (C=O) groups is 1. The van der Waals surface area contributed by atoms with Crippen LogP contribution in [0.5, 0.6) is 0 Å². The maximum absolute atomic E-state index is 11.9. The van der Waals surface area contributed by atoms with Crippen molar-refractivity contribution in [2.24, 2.45) is 0 Å². The molecule has 1 aliphatic heterocycles. The van der Waals surface area contributed by atoms with Crippen LogP contribution in [0, 0.1) is 0 Å². The molecule has 16 heavy (non-hydrogen) atoms. The average molecular weight is 250 g/mol. The van der Waals surface area contributed by atoms with Gasteiger partial charge in [-0.05, 0) is 12.8 Å². The standard InChI is InChI=1S/C9H18N2O4S/c1-10(15-2)9(12)8-6-4-5-7-11(8)16(3,13)14/h8H,4-7H2,1-3H3. The van der Waals surface area contributed by atoms with Gasteiger partial charge in [-0.25, -0.2) is 13.5 Å². The topological polar surface area (TPSA) is 66.9 Å². The molecule has 1 heterocycles. The highest BCUT2D eigenvalue weighted by Crippen LogP contribution is 2.21. The summed E-state index contributed by atoms with van der Waals surface area (Å²) in [6.07, 6.45) is 3.35. The summed E-state index contributed by atoms with van der Waals surface area (Å²) in [7, 11) is -0.468. The number of amides is 1. The lowest BCUT2D eigenvalue weighted by atomic mass is 10.0. The molecule has 1 saturated heterocycles. The van der Waals surface area contributed by atoms with Crippen molar-refractivity contribution in [3.63, 3.8) is 0 Å². The fraction of sp³-hybridized carbons (Fsp3) is 0.889. The number of rotatable bonds is 3. The van der Waals surface area contributed by atoms with E-state index in [1.807, 2.05) is 0 Å². The zero-order valence-corrected chi connectivity index (χ0v) is 10.7. The summed E-state index contributed by atoms with van der Waals surface area (Å²) >= 11 is 0. The first kappa shape index (κ1) is 13.4. The van der Waals surface area contributed by atoms with Gasteiger partial charge in [0.05, 0.1) is 13.4 Å². The van der Waals surface area contributed by atoms with Gasteiger partial charge in [-0.15, -0.1) is 0 Å². The number of hydrogen-bond donors (Lipinski definition) is 0. The number of likely N-dealkylation sites (N-methyl/N-ethyl adjacent to an activating group) is 1. The van der Waals surface area contributed by atoms with Gasteiger partial charge in [0.25, 0.3) is 5.91 Å². The highest BCUT2D eigenvalue weighted by molar-refractivity contribution is 7.88. The molecule has 0 aromatic rings. The summed E-state index contributed by atoms with van der Waals surface area (Å²) in [5, 5.41) is 1.08. The molecule has 1 atom stereocenters. The van der Waals surface area contributed by atoms with Gasteiger partial charge in [0, 0.05) is 13.6 Å². The van der Waals surface area contributed by atoms with Gasteiger partial charge in [-0.3, -0.25) is 9.63 Å². The molecule has 0 aliphatic carbocycles. The lowest BCUT2D eigenvalue weighted by Crippen LogP contribution is -2.51. The largest absolute Gasteiger partial charge is 0.275 e. The second-order valence-electron chi connectivity index (χ2n) is 3.90. The summed E-state index contributed by atoms with van der Waals surface area (Å²) in [5.74, 6) is -0.312. The van der Waals surface area contributed by atoms with E-state index in [9.17, 15) is 13.2 Å². The van der Waals surface area contributed by atoms with Gasteiger partial charge < -0.3 is 0 Å². The second-order valence-corrected chi connectivity index (χ2v) is 5.84. The monoisotopic (exact) mass is 250 g/mol. The van der Waals surface area contributed by atoms with Gasteiger partial charge >= 0.3 is 0 Å². The van der Waals surface area contributed by atoms with Crippen molar-refractivity contribution in [3.8, 4) is 0 Å². The first-order chi connectivity index (χ1) is 7.38. The van der Waals surface area contributed by atoms with E-state index in [2.05, 4.69) is 0 Å². The minimum Gasteiger partial charge on any atom is -0.275 e. The molecular formula is C9H18N2O4S. The van der Waals surface area contributed by atoms with Crippen LogP contribution >= 0.6 is 0 Å². The molecular weight excluding hydrogens is 232 g/mol. The smallest absolute Gasteiger partial charge is 0.264 e. The van der Waals surface area contributed by atoms with E-state index in [0.29, 0.717) is 13.0 Å². The molecule has 0 bridgehead atoms. The van der Waals surface area contributed by atoms with Crippen LogP contribution in [0.25, 0.3) is 0 Å². The highest BCUT2D eigenvalue weighted by Gasteiger charge is 2.36. The van der Waals surface area contributed by atoms with Crippen molar-refractivity contribution >= 4 is 15.9 Å². The van der Waals surface area contributed by atoms with Gasteiger partial charge in [0.15, 0.2) is 0 Å². The molecule has 7 heteroatoms. The summed E-state index contributed by atoms with van der Waals surface area (Å²) in [6.45, 7) is 0.410. The summed E-state index contributed by atoms with van der Waals surface area (Å²) < 4.78 is 24.3. The Bertz CT molecular complexity index is 355. The quantitative estimate of drug-likeness (QED) is 0.652. The van der Waals surface area contributed by atoms with E-state index < -0.39 is 16.1 Å². The van der Waals surface area contributed by atoms with Gasteiger partial charge in [-0.2, -0.15) is 4.31 Å². The molecule has 0 saturated carbocycles. The first-order valence-electron chi connectivity index (χ1n) is 5.16. The van der Waals surface area contributed by atoms with E-state index in [4.69, 9.17) is 4.84 Å². The Morgan fingerprint density at radius 1 is 1.44 bits per heavy atom. The van der Waals surface area contributed by atoms with E-state index in [0.717, 1.165) is 24.2 Å². The Morgan fingerprint density at radius 2 is 2.06 bits per heavy atom. The Morgan fingerprint density at radius 3 is 2.56 bits per heavy atom. The number of carbonyl (C=O) groups excluding carboxylic acids is 1. The average Bonchev–Trinajstić information content (AvgIpc) is 2.26. The van der Waals surface area contributed by atoms with Gasteiger partial charge in [0.2, 0.25) is 10.0 Å². The van der Waals surface area contributed by atoms with E-state index in [1.165, 1.54) is 18.5 Å². The van der Waals surface area contributed by atoms with Crippen LogP contribution in [0.4, 0.5) is 0 Å². The minimum absolute atomic E-state index is 0.312. The number of piperidine rings is 1. The van der Waals surface area contributed by atoms with Gasteiger partial charge in [-0.1, -0.05) is 6.42 Å². The van der Waals surface area contributed by atoms with Crippen molar-refractivity contribution in [1.82, 2.24) is 9.37 Å². The van der Waals surface area contributed by atoms with Crippen LogP contribution in [0.3, 0.4) is 0 Å². The van der Waals surface area contributed by atoms with Crippen molar-refractivity contribution in [3.05, 3.63) is 0 Å². The third kappa shape index (κ3) is 2.93. The fourth-order valence-electron chi connectivity index (χ4n) is 1.85. The van der Waals surface area contributed by atoms with Crippen LogP contribution in [0.15, 0.2) is 0 Å². The van der Waals surface area contributed by atoms with Crippen molar-refractivity contribution in [2.45, 2.75) is 25.3 Å². The normalized spacial score (nSPS) is 23.1. The second kappa shape index (κ2) is 5.11. The van der Waals surface area contributed by atoms with Crippen LogP contribution in [0.2, 0.25) is 0 Å². The highest BCUT2D eigenvalue weighted by atomic mass is 32.2. The molecule has 1 unspecified atom stereocenters. The van der Waals surface area contributed by atoms with E-state index in [-0.39, 0.29) is 5.91 Å². The maximum atomic E-state index is 11.9. The third-order valence-corrected chi connectivity index (χ3v) is 4.04. The van der Waals surface area contributed by atoms with Gasteiger partial charge in [0.1, 0.15) is 6.04 Å². The lowest BCUT2D eigenvalue weighted by molar-refractivity contribution is -0.173. The van der Waals surface area contributed by atoms with Crippen molar-refractivity contribution in [2.75, 3.05) is 27.0 Å². The maximum Gasteiger partial charge on any atom is 0.264 e. The van der Waals surface area contributed by atoms with Crippen LogP contribution < -0.4 is 0 Å². The molecule has 1 amide bonds. The summed E-state index contributed by atoms with van der Waals surface area (Å²) in [6, 6.07) is -0.617. The molecule has 94 valence electrons. The summed E-state index contributed by atoms with van der Waals surface area (Å²) in [5.41, 5.74) is 0. The van der Waals surface area contributed by atoms with Crippen LogP contribution in [-0.4, -0.2) is 56.7 Å². The lowest BCUT2D eigenvalue weighted by Gasteiger charge is -2.34. The Kier molecular flexibility index (Phi) is 4.28. The predicted octanol–water partition coefficient (Wildman–Crippen LogP) is -0.180. The molecule has 1 fully saturated rings. The van der Waals surface area contributed by atoms with Crippen molar-refractivity contribution < 1.29 is 18.0 Å². The Labute approximate surface area is 96.2 Å². The third-order valence-electron chi connectivity index (χ3n) is 2.75. The Hall–Kier alpha value is -0.660. The zero-order chi connectivity index (χ0) is 12.3. The molecule has 1 rings (SSSR count). The Balaban J connectivity index is 2.87. The molecule has 1 aliphatic rings. The SMILES string of the molecule is CON(C)C(=O)C1CCCCN1S(C)(=O)=O. The number of nitrogens with zero attached hydrogens (tertiary/aromatic N) is 2. The molecule has 0 aromatic carbocycles. The first-order valence-corrected chi connectivity index (χ1v) is 7.01. The number of sulfonamides is 1. The van der Waals surface area contributed by atoms with Crippen LogP contribution in [0.1, 0.15) is 19.3 Å². The number of hydroxylamine groups is 2. The summed E-state index contributed by atoms with van der Waals surface area (Å²) in [4.78, 5) is 16.7. The van der Waals surface area contributed by atoms with E-state index >= 15 is 0 Å². The fourth-order valence-corrected chi connectivity index (χ4v) is 2.97. The molecule has 0 aromatic heterocycles. The molecule has 6 nitrogen and oxygen atoms in total. The molecule has 0 N–H and O–H groups in total. The molecule has 0 radical (unpaired) electrons. The van der Waals surface area contributed by atoms with E-state index in [1.54, 1.807) is 0 Å².